The Morgan fingerprint density at radius 1 is 0.696 bits per heavy atom. The third-order valence-corrected chi connectivity index (χ3v) is 18.5. The normalized spacial score (nSPS) is 18.4. The molecule has 4 aromatic carbocycles. The molecule has 9 amide bonds. The maximum Gasteiger partial charge on any atom is 0.399 e. The number of benzene rings is 4. The molecule has 3 aliphatic rings. The maximum absolute atomic E-state index is 14.8. The number of ether oxygens (including phenoxy) is 1. The fourth-order valence-electron chi connectivity index (χ4n) is 12.1. The van der Waals surface area contributed by atoms with Crippen LogP contribution in [0.3, 0.4) is 0 Å². The molecule has 1 saturated heterocycles. The summed E-state index contributed by atoms with van der Waals surface area (Å²) in [5, 5.41) is 19.4. The van der Waals surface area contributed by atoms with Crippen LogP contribution in [-0.4, -0.2) is 118 Å². The number of aryl methyl sites for hydroxylation is 1. The zero-order valence-corrected chi connectivity index (χ0v) is 53.8. The first-order valence-corrected chi connectivity index (χ1v) is 33.8. The molecule has 498 valence electrons. The van der Waals surface area contributed by atoms with Crippen molar-refractivity contribution in [1.82, 2.24) is 36.8 Å². The van der Waals surface area contributed by atoms with Crippen LogP contribution in [0.25, 0.3) is 0 Å². The van der Waals surface area contributed by atoms with Crippen LogP contribution in [0, 0.1) is 17.8 Å². The fraction of sp³-hybridized carbons (Fsp3) is 0.515. The van der Waals surface area contributed by atoms with E-state index in [0.29, 0.717) is 65.5 Å². The lowest BCUT2D eigenvalue weighted by molar-refractivity contribution is -0.137. The Morgan fingerprint density at radius 3 is 1.98 bits per heavy atom. The van der Waals surface area contributed by atoms with Crippen LogP contribution in [-0.2, 0) is 74.3 Å². The van der Waals surface area contributed by atoms with Gasteiger partial charge in [-0.15, -0.1) is 0 Å². The van der Waals surface area contributed by atoms with Gasteiger partial charge in [0.25, 0.3) is 11.8 Å². The third kappa shape index (κ3) is 20.6. The first-order chi connectivity index (χ1) is 43.9. The smallest absolute Gasteiger partial charge is 0.368 e. The Labute approximate surface area is 536 Å². The minimum Gasteiger partial charge on any atom is -0.368 e. The Hall–Kier alpha value is -7.72. The summed E-state index contributed by atoms with van der Waals surface area (Å²) < 4.78 is 47.7. The predicted octanol–water partition coefficient (Wildman–Crippen LogP) is 8.04. The molecule has 92 heavy (non-hydrogen) atoms. The molecule has 0 spiro atoms. The van der Waals surface area contributed by atoms with Crippen molar-refractivity contribution in [2.45, 2.75) is 186 Å². The van der Waals surface area contributed by atoms with Crippen LogP contribution >= 0.6 is 7.60 Å². The standard InChI is InChI=1S/C68H89F2N8O13P/c1-5-45-25-29-48(30-26-45)62(82)71-37-16-14-21-54(63(83)72-36-15-9-7-6-8-13-23-59(79)73-53-22-17-20-51-52(53)41-78(67(51)87)57-34-35-60(80)77-66(57)86)75-65(85)56(40-47-27-31-49(32-28-47)68(69,70)92(88,89)90)76-64(84)55(39-46-18-11-10-12-19-46)74-61(81)42-91-58-38-44(4)24-33-50(58)43(2)3/h10-12,17-20,22,25-32,43-44,50,54-58H,5-9,13-16,21,23-24,33-42H2,1-4H3,(H,71,82)(H,72,83)(H,73,79)(H,74,81)(H,75,85)(H,76,84)(H,77,80,86)(H2,88,89,90)/t44-,50+,54-,55-,56-,57?,58-/m0/s1. The molecule has 7 atom stereocenters. The fourth-order valence-corrected chi connectivity index (χ4v) is 12.6. The van der Waals surface area contributed by atoms with Crippen LogP contribution in [0.15, 0.2) is 97.1 Å². The molecule has 0 bridgehead atoms. The Balaban J connectivity index is 0.983. The summed E-state index contributed by atoms with van der Waals surface area (Å²) in [7, 11) is -5.93. The van der Waals surface area contributed by atoms with Gasteiger partial charge >= 0.3 is 13.3 Å². The van der Waals surface area contributed by atoms with E-state index in [1.165, 1.54) is 4.90 Å². The Kier molecular flexibility index (Phi) is 26.7. The third-order valence-electron chi connectivity index (χ3n) is 17.5. The second-order valence-electron chi connectivity index (χ2n) is 24.8. The van der Waals surface area contributed by atoms with E-state index in [-0.39, 0.29) is 106 Å². The molecular formula is C68H89F2N8O13P. The number of fused-ring (bicyclic) bond motifs is 1. The van der Waals surface area contributed by atoms with Crippen LogP contribution in [0.2, 0.25) is 0 Å². The zero-order valence-electron chi connectivity index (χ0n) is 52.9. The van der Waals surface area contributed by atoms with Crippen LogP contribution in [0.1, 0.15) is 173 Å². The summed E-state index contributed by atoms with van der Waals surface area (Å²) in [6, 6.07) is 20.4. The highest BCUT2D eigenvalue weighted by Crippen LogP contribution is 2.59. The van der Waals surface area contributed by atoms with E-state index in [1.807, 2.05) is 19.1 Å². The number of imide groups is 1. The van der Waals surface area contributed by atoms with E-state index < -0.39 is 72.5 Å². The molecule has 21 nitrogen and oxygen atoms in total. The quantitative estimate of drug-likeness (QED) is 0.0122. The number of hydrogen-bond acceptors (Lipinski definition) is 11. The maximum atomic E-state index is 14.8. The second-order valence-corrected chi connectivity index (χ2v) is 26.5. The molecule has 2 heterocycles. The minimum atomic E-state index is -5.93. The zero-order chi connectivity index (χ0) is 66.5. The van der Waals surface area contributed by atoms with Crippen molar-refractivity contribution in [1.29, 1.82) is 0 Å². The first kappa shape index (κ1) is 71.7. The highest BCUT2D eigenvalue weighted by atomic mass is 31.2. The topological polar surface area (TPSA) is 308 Å². The number of unbranched alkanes of at least 4 members (excludes halogenated alkanes) is 6. The first-order valence-electron chi connectivity index (χ1n) is 32.2. The van der Waals surface area contributed by atoms with Gasteiger partial charge in [-0.1, -0.05) is 133 Å². The minimum absolute atomic E-state index is 0.00492. The lowest BCUT2D eigenvalue weighted by Gasteiger charge is -2.37. The van der Waals surface area contributed by atoms with Gasteiger partial charge in [-0.25, -0.2) is 0 Å². The van der Waals surface area contributed by atoms with Crippen molar-refractivity contribution in [2.24, 2.45) is 17.8 Å². The van der Waals surface area contributed by atoms with Crippen molar-refractivity contribution >= 4 is 66.4 Å². The summed E-state index contributed by atoms with van der Waals surface area (Å²) in [5.41, 5.74) is -1.57. The van der Waals surface area contributed by atoms with E-state index in [1.54, 1.807) is 60.7 Å². The van der Waals surface area contributed by atoms with Gasteiger partial charge in [0.15, 0.2) is 0 Å². The van der Waals surface area contributed by atoms with Crippen molar-refractivity contribution in [2.75, 3.05) is 25.0 Å². The average Bonchev–Trinajstić information content (AvgIpc) is 1.61. The molecule has 2 aliphatic heterocycles. The van der Waals surface area contributed by atoms with Crippen LogP contribution < -0.4 is 37.2 Å². The lowest BCUT2D eigenvalue weighted by atomic mass is 9.75. The molecule has 9 N–H and O–H groups in total. The number of amides is 9. The Bertz CT molecular complexity index is 3260. The summed E-state index contributed by atoms with van der Waals surface area (Å²) in [6.07, 6.45) is 8.68. The average molecular weight is 1300 g/mol. The molecule has 0 radical (unpaired) electrons. The monoisotopic (exact) mass is 1290 g/mol. The highest BCUT2D eigenvalue weighted by molar-refractivity contribution is 7.52. The van der Waals surface area contributed by atoms with Crippen molar-refractivity contribution in [3.8, 4) is 0 Å². The number of alkyl halides is 2. The number of carbonyl (C=O) groups excluding carboxylic acids is 9. The van der Waals surface area contributed by atoms with Gasteiger partial charge in [0, 0.05) is 73.3 Å². The van der Waals surface area contributed by atoms with Crippen molar-refractivity contribution < 1.29 is 71.0 Å². The molecule has 1 aliphatic carbocycles. The molecular weight excluding hydrogens is 1210 g/mol. The largest absolute Gasteiger partial charge is 0.399 e. The summed E-state index contributed by atoms with van der Waals surface area (Å²) >= 11 is 0. The summed E-state index contributed by atoms with van der Waals surface area (Å²) in [6.45, 7) is 8.67. The van der Waals surface area contributed by atoms with Gasteiger partial charge in [-0.05, 0) is 116 Å². The number of nitrogens with one attached hydrogen (secondary N) is 7. The van der Waals surface area contributed by atoms with Crippen molar-refractivity contribution in [3.05, 3.63) is 136 Å². The number of rotatable bonds is 34. The van der Waals surface area contributed by atoms with Crippen molar-refractivity contribution in [3.63, 3.8) is 0 Å². The number of piperidine rings is 1. The van der Waals surface area contributed by atoms with E-state index in [9.17, 15) is 66.3 Å². The molecule has 2 fully saturated rings. The molecule has 0 aromatic heterocycles. The van der Waals surface area contributed by atoms with Gasteiger partial charge in [-0.3, -0.25) is 53.0 Å². The number of carbonyl (C=O) groups is 9. The Morgan fingerprint density at radius 2 is 1.32 bits per heavy atom. The van der Waals surface area contributed by atoms with E-state index in [2.05, 4.69) is 58.0 Å². The molecule has 4 aromatic rings. The summed E-state index contributed by atoms with van der Waals surface area (Å²) in [5.74, 6) is -3.50. The second kappa shape index (κ2) is 34.3. The van der Waals surface area contributed by atoms with Gasteiger partial charge in [0.05, 0.1) is 6.10 Å². The van der Waals surface area contributed by atoms with Gasteiger partial charge in [0.1, 0.15) is 30.8 Å². The van der Waals surface area contributed by atoms with E-state index in [4.69, 9.17) is 4.74 Å². The van der Waals surface area contributed by atoms with Gasteiger partial charge in [0.2, 0.25) is 41.4 Å². The van der Waals surface area contributed by atoms with E-state index in [0.717, 1.165) is 81.2 Å². The highest BCUT2D eigenvalue weighted by Gasteiger charge is 2.50. The number of nitrogens with zero attached hydrogens (tertiary/aromatic N) is 1. The van der Waals surface area contributed by atoms with Gasteiger partial charge in [-0.2, -0.15) is 8.78 Å². The van der Waals surface area contributed by atoms with Crippen LogP contribution in [0.5, 0.6) is 0 Å². The van der Waals surface area contributed by atoms with E-state index >= 15 is 0 Å². The molecule has 1 unspecified atom stereocenters. The van der Waals surface area contributed by atoms with Gasteiger partial charge < -0.3 is 51.3 Å². The van der Waals surface area contributed by atoms with Crippen LogP contribution in [0.4, 0.5) is 14.5 Å². The predicted molar refractivity (Wildman–Crippen MR) is 342 cm³/mol. The number of anilines is 1. The number of hydrogen-bond donors (Lipinski definition) is 9. The lowest BCUT2D eigenvalue weighted by Crippen LogP contribution is -2.58. The molecule has 24 heteroatoms. The molecule has 7 rings (SSSR count). The molecule has 1 saturated carbocycles. The SMILES string of the molecule is CCc1ccc(C(=O)NCCCC[C@H](NC(=O)[C@H](Cc2ccc(C(F)(F)P(=O)(O)O)cc2)NC(=O)[C@H](Cc2ccccc2)NC(=O)CO[C@H]2C[C@@H](C)CC[C@@H]2C(C)C)C(=O)NCCCCCCCCC(=O)Nc2cccc3c2CN(C2CCC(=O)NC2=O)C3=O)cc1. The summed E-state index contributed by atoms with van der Waals surface area (Å²) in [4.78, 5) is 141. The number of halogens is 2.